The summed E-state index contributed by atoms with van der Waals surface area (Å²) in [6, 6.07) is -0.439. The van der Waals surface area contributed by atoms with E-state index in [9.17, 15) is 14.4 Å². The highest BCUT2D eigenvalue weighted by atomic mass is 16.5. The Hall–Kier alpha value is -1.87. The van der Waals surface area contributed by atoms with Gasteiger partial charge in [-0.05, 0) is 0 Å². The van der Waals surface area contributed by atoms with Gasteiger partial charge in [-0.1, -0.05) is 0 Å². The van der Waals surface area contributed by atoms with E-state index in [1.807, 2.05) is 0 Å². The zero-order chi connectivity index (χ0) is 15.4. The number of carbonyl (C=O) groups is 3. The fourth-order valence-corrected chi connectivity index (χ4v) is 1.16. The minimum absolute atomic E-state index is 0.0778. The van der Waals surface area contributed by atoms with Gasteiger partial charge in [0.25, 0.3) is 0 Å². The third-order valence-electron chi connectivity index (χ3n) is 2.10. The molecule has 3 amide bonds. The first kappa shape index (κ1) is 18.1. The SMILES string of the molecule is COCCNC(=O)CN(C)C(=O)NCCOCC(=O)O. The van der Waals surface area contributed by atoms with Crippen molar-refractivity contribution in [2.24, 2.45) is 0 Å². The highest BCUT2D eigenvalue weighted by molar-refractivity contribution is 5.83. The van der Waals surface area contributed by atoms with Crippen molar-refractivity contribution in [2.45, 2.75) is 0 Å². The predicted molar refractivity (Wildman–Crippen MR) is 69.4 cm³/mol. The van der Waals surface area contributed by atoms with E-state index in [0.29, 0.717) is 13.2 Å². The predicted octanol–water partition coefficient (Wildman–Crippen LogP) is -1.51. The Morgan fingerprint density at radius 3 is 2.40 bits per heavy atom. The molecule has 3 N–H and O–H groups in total. The number of hydrogen-bond acceptors (Lipinski definition) is 5. The number of aliphatic carboxylic acids is 1. The van der Waals surface area contributed by atoms with E-state index in [-0.39, 0.29) is 25.6 Å². The number of amides is 3. The first-order valence-corrected chi connectivity index (χ1v) is 6.01. The Morgan fingerprint density at radius 2 is 1.80 bits per heavy atom. The van der Waals surface area contributed by atoms with Crippen LogP contribution in [0.25, 0.3) is 0 Å². The molecule has 0 rings (SSSR count). The van der Waals surface area contributed by atoms with E-state index < -0.39 is 18.6 Å². The fraction of sp³-hybridized carbons (Fsp3) is 0.727. The van der Waals surface area contributed by atoms with Gasteiger partial charge in [0.2, 0.25) is 5.91 Å². The van der Waals surface area contributed by atoms with Gasteiger partial charge in [0, 0.05) is 27.2 Å². The first-order valence-electron chi connectivity index (χ1n) is 6.01. The van der Waals surface area contributed by atoms with Crippen LogP contribution in [0.4, 0.5) is 4.79 Å². The number of ether oxygens (including phenoxy) is 2. The van der Waals surface area contributed by atoms with Crippen molar-refractivity contribution in [1.82, 2.24) is 15.5 Å². The zero-order valence-corrected chi connectivity index (χ0v) is 11.7. The van der Waals surface area contributed by atoms with Crippen LogP contribution in [0, 0.1) is 0 Å². The lowest BCUT2D eigenvalue weighted by atomic mass is 10.5. The largest absolute Gasteiger partial charge is 0.480 e. The normalized spacial score (nSPS) is 9.90. The molecule has 9 heteroatoms. The van der Waals surface area contributed by atoms with Gasteiger partial charge >= 0.3 is 12.0 Å². The number of carboxylic acids is 1. The molecular formula is C11H21N3O6. The first-order chi connectivity index (χ1) is 9.47. The topological polar surface area (TPSA) is 117 Å². The number of nitrogens with zero attached hydrogens (tertiary/aromatic N) is 1. The Morgan fingerprint density at radius 1 is 1.15 bits per heavy atom. The summed E-state index contributed by atoms with van der Waals surface area (Å²) in [5.41, 5.74) is 0. The summed E-state index contributed by atoms with van der Waals surface area (Å²) in [6.45, 7) is 0.559. The van der Waals surface area contributed by atoms with Crippen LogP contribution in [-0.4, -0.2) is 81.5 Å². The van der Waals surface area contributed by atoms with Crippen molar-refractivity contribution in [2.75, 3.05) is 53.6 Å². The monoisotopic (exact) mass is 291 g/mol. The molecule has 0 fully saturated rings. The van der Waals surface area contributed by atoms with E-state index in [1.54, 1.807) is 0 Å². The molecule has 0 saturated heterocycles. The fourth-order valence-electron chi connectivity index (χ4n) is 1.16. The summed E-state index contributed by atoms with van der Waals surface area (Å²) >= 11 is 0. The van der Waals surface area contributed by atoms with Crippen LogP contribution in [0.3, 0.4) is 0 Å². The van der Waals surface area contributed by atoms with Gasteiger partial charge in [0.05, 0.1) is 13.2 Å². The van der Waals surface area contributed by atoms with Gasteiger partial charge in [-0.2, -0.15) is 0 Å². The number of likely N-dealkylation sites (N-methyl/N-ethyl adjacent to an activating group) is 1. The number of carbonyl (C=O) groups excluding carboxylic acids is 2. The lowest BCUT2D eigenvalue weighted by Gasteiger charge is -2.17. The molecule has 0 aliphatic heterocycles. The third kappa shape index (κ3) is 10.1. The van der Waals surface area contributed by atoms with Crippen molar-refractivity contribution >= 4 is 17.9 Å². The summed E-state index contributed by atoms with van der Waals surface area (Å²) in [5, 5.41) is 13.4. The average molecular weight is 291 g/mol. The molecule has 0 saturated carbocycles. The third-order valence-corrected chi connectivity index (χ3v) is 2.10. The molecule has 0 atom stereocenters. The van der Waals surface area contributed by atoms with Gasteiger partial charge < -0.3 is 30.1 Å². The van der Waals surface area contributed by atoms with Gasteiger partial charge in [0.15, 0.2) is 0 Å². The van der Waals surface area contributed by atoms with Crippen molar-refractivity contribution in [1.29, 1.82) is 0 Å². The molecule has 0 aromatic rings. The second kappa shape index (κ2) is 11.0. The number of carboxylic acid groups (broad SMARTS) is 1. The maximum Gasteiger partial charge on any atom is 0.329 e. The van der Waals surface area contributed by atoms with Crippen LogP contribution < -0.4 is 10.6 Å². The van der Waals surface area contributed by atoms with Crippen LogP contribution in [-0.2, 0) is 19.1 Å². The molecule has 20 heavy (non-hydrogen) atoms. The van der Waals surface area contributed by atoms with Crippen LogP contribution in [0.1, 0.15) is 0 Å². The quantitative estimate of drug-likeness (QED) is 0.421. The van der Waals surface area contributed by atoms with Crippen molar-refractivity contribution in [3.8, 4) is 0 Å². The molecule has 0 aliphatic carbocycles. The highest BCUT2D eigenvalue weighted by Crippen LogP contribution is 1.84. The number of nitrogens with one attached hydrogen (secondary N) is 2. The second-order valence-corrected chi connectivity index (χ2v) is 3.88. The molecule has 0 bridgehead atoms. The summed E-state index contributed by atoms with van der Waals surface area (Å²) < 4.78 is 9.52. The summed E-state index contributed by atoms with van der Waals surface area (Å²) in [5.74, 6) is -1.36. The number of urea groups is 1. The minimum Gasteiger partial charge on any atom is -0.480 e. The van der Waals surface area contributed by atoms with Crippen LogP contribution in [0.2, 0.25) is 0 Å². The molecule has 116 valence electrons. The second-order valence-electron chi connectivity index (χ2n) is 3.88. The number of methoxy groups -OCH3 is 1. The Bertz CT molecular complexity index is 323. The molecule has 0 heterocycles. The summed E-state index contributed by atoms with van der Waals surface area (Å²) in [6.07, 6.45) is 0. The summed E-state index contributed by atoms with van der Waals surface area (Å²) in [7, 11) is 3.00. The number of hydrogen-bond donors (Lipinski definition) is 3. The summed E-state index contributed by atoms with van der Waals surface area (Å²) in [4.78, 5) is 34.3. The molecule has 0 radical (unpaired) electrons. The molecule has 9 nitrogen and oxygen atoms in total. The molecule has 0 aromatic carbocycles. The van der Waals surface area contributed by atoms with Gasteiger partial charge in [0.1, 0.15) is 13.2 Å². The maximum absolute atomic E-state index is 11.5. The Kier molecular flexibility index (Phi) is 9.97. The molecule has 0 spiro atoms. The van der Waals surface area contributed by atoms with Gasteiger partial charge in [-0.25, -0.2) is 9.59 Å². The Balaban J connectivity index is 3.69. The van der Waals surface area contributed by atoms with E-state index in [4.69, 9.17) is 14.6 Å². The van der Waals surface area contributed by atoms with Gasteiger partial charge in [-0.15, -0.1) is 0 Å². The molecular weight excluding hydrogens is 270 g/mol. The molecule has 0 aliphatic rings. The van der Waals surface area contributed by atoms with Crippen molar-refractivity contribution in [3.63, 3.8) is 0 Å². The van der Waals surface area contributed by atoms with E-state index in [0.717, 1.165) is 0 Å². The lowest BCUT2D eigenvalue weighted by Crippen LogP contribution is -2.44. The van der Waals surface area contributed by atoms with Crippen LogP contribution in [0.15, 0.2) is 0 Å². The average Bonchev–Trinajstić information content (AvgIpc) is 2.37. The smallest absolute Gasteiger partial charge is 0.329 e. The zero-order valence-electron chi connectivity index (χ0n) is 11.7. The molecule has 0 unspecified atom stereocenters. The standard InChI is InChI=1S/C11H21N3O6/c1-14(7-9(15)12-3-5-19-2)11(18)13-4-6-20-8-10(16)17/h3-8H2,1-2H3,(H,12,15)(H,13,18)(H,16,17). The number of rotatable bonds is 10. The minimum atomic E-state index is -1.07. The maximum atomic E-state index is 11.5. The Labute approximate surface area is 117 Å². The van der Waals surface area contributed by atoms with E-state index in [2.05, 4.69) is 10.6 Å². The highest BCUT2D eigenvalue weighted by Gasteiger charge is 2.11. The lowest BCUT2D eigenvalue weighted by molar-refractivity contribution is -0.142. The van der Waals surface area contributed by atoms with E-state index >= 15 is 0 Å². The van der Waals surface area contributed by atoms with Crippen LogP contribution >= 0.6 is 0 Å². The molecule has 0 aromatic heterocycles. The van der Waals surface area contributed by atoms with E-state index in [1.165, 1.54) is 19.1 Å². The van der Waals surface area contributed by atoms with Crippen LogP contribution in [0.5, 0.6) is 0 Å². The van der Waals surface area contributed by atoms with Gasteiger partial charge in [-0.3, -0.25) is 4.79 Å². The van der Waals surface area contributed by atoms with Crippen molar-refractivity contribution < 1.29 is 29.0 Å². The van der Waals surface area contributed by atoms with Crippen molar-refractivity contribution in [3.05, 3.63) is 0 Å².